The summed E-state index contributed by atoms with van der Waals surface area (Å²) in [5.74, 6) is 0.127. The highest BCUT2D eigenvalue weighted by Crippen LogP contribution is 2.45. The van der Waals surface area contributed by atoms with Crippen LogP contribution in [0.4, 0.5) is 0 Å². The molecule has 2 heteroatoms. The molecule has 2 aliphatic rings. The third-order valence-electron chi connectivity index (χ3n) is 2.55. The van der Waals surface area contributed by atoms with Gasteiger partial charge in [-0.3, -0.25) is 0 Å². The largest absolute Gasteiger partial charge is 0.451 e. The summed E-state index contributed by atoms with van der Waals surface area (Å²) in [5, 5.41) is 0. The van der Waals surface area contributed by atoms with E-state index in [-0.39, 0.29) is 11.6 Å². The van der Waals surface area contributed by atoms with Gasteiger partial charge < -0.3 is 4.74 Å². The molecule has 0 saturated heterocycles. The average Bonchev–Trinajstić information content (AvgIpc) is 2.33. The molecule has 1 spiro atoms. The number of hydrogen-bond donors (Lipinski definition) is 0. The number of carbonyl (C=O) groups is 1. The summed E-state index contributed by atoms with van der Waals surface area (Å²) in [6, 6.07) is 0. The van der Waals surface area contributed by atoms with Crippen LogP contribution in [-0.2, 0) is 9.53 Å². The predicted molar refractivity (Wildman–Crippen MR) is 40.9 cm³/mol. The fraction of sp³-hybridized carbons (Fsp3) is 0.444. The first kappa shape index (κ1) is 6.65. The molecule has 0 aromatic carbocycles. The van der Waals surface area contributed by atoms with Crippen LogP contribution in [0.15, 0.2) is 24.8 Å². The highest BCUT2D eigenvalue weighted by molar-refractivity contribution is 5.85. The molecule has 0 unspecified atom stereocenters. The second-order valence-corrected chi connectivity index (χ2v) is 3.09. The molecule has 58 valence electrons. The fourth-order valence-electron chi connectivity index (χ4n) is 1.71. The number of carbonyl (C=O) groups excluding carboxylic acids is 1. The first-order valence-electron chi connectivity index (χ1n) is 3.82. The minimum absolute atomic E-state index is 0.212. The van der Waals surface area contributed by atoms with Crippen molar-refractivity contribution in [1.29, 1.82) is 0 Å². The molecule has 0 radical (unpaired) electrons. The first-order valence-corrected chi connectivity index (χ1v) is 3.82. The van der Waals surface area contributed by atoms with Crippen molar-refractivity contribution in [2.75, 3.05) is 0 Å². The lowest BCUT2D eigenvalue weighted by molar-refractivity contribution is -0.156. The van der Waals surface area contributed by atoms with Crippen LogP contribution in [0.5, 0.6) is 0 Å². The molecule has 1 saturated carbocycles. The summed E-state index contributed by atoms with van der Waals surface area (Å²) in [6.45, 7) is 3.70. The van der Waals surface area contributed by atoms with Crippen LogP contribution in [0.25, 0.3) is 0 Å². The van der Waals surface area contributed by atoms with E-state index in [1.54, 1.807) is 0 Å². The Bertz CT molecular complexity index is 242. The Morgan fingerprint density at radius 1 is 1.82 bits per heavy atom. The zero-order chi connectivity index (χ0) is 7.90. The fourth-order valence-corrected chi connectivity index (χ4v) is 1.71. The van der Waals surface area contributed by atoms with Gasteiger partial charge in [-0.1, -0.05) is 6.08 Å². The summed E-state index contributed by atoms with van der Waals surface area (Å²) < 4.78 is 5.17. The summed E-state index contributed by atoms with van der Waals surface area (Å²) >= 11 is 0. The predicted octanol–water partition coefficient (Wildman–Crippen LogP) is 1.43. The molecule has 2 atom stereocenters. The van der Waals surface area contributed by atoms with Gasteiger partial charge in [0.05, 0.1) is 0 Å². The Morgan fingerprint density at radius 2 is 2.64 bits per heavy atom. The molecule has 1 heterocycles. The third-order valence-corrected chi connectivity index (χ3v) is 2.55. The number of ether oxygens (including phenoxy) is 1. The van der Waals surface area contributed by atoms with Crippen molar-refractivity contribution in [3.8, 4) is 0 Å². The molecule has 0 aromatic heterocycles. The van der Waals surface area contributed by atoms with Gasteiger partial charge in [-0.25, -0.2) is 4.79 Å². The molecule has 0 N–H and O–H groups in total. The summed E-state index contributed by atoms with van der Waals surface area (Å²) in [6.07, 6.45) is 7.28. The van der Waals surface area contributed by atoms with Crippen LogP contribution in [0.2, 0.25) is 0 Å². The van der Waals surface area contributed by atoms with E-state index in [2.05, 4.69) is 6.58 Å². The van der Waals surface area contributed by atoms with Gasteiger partial charge >= 0.3 is 5.97 Å². The van der Waals surface area contributed by atoms with Gasteiger partial charge in [0.15, 0.2) is 0 Å². The van der Waals surface area contributed by atoms with Gasteiger partial charge in [0, 0.05) is 12.0 Å². The lowest BCUT2D eigenvalue weighted by Gasteiger charge is -2.42. The third kappa shape index (κ3) is 0.754. The van der Waals surface area contributed by atoms with E-state index in [4.69, 9.17) is 4.74 Å². The minimum atomic E-state index is -0.293. The zero-order valence-corrected chi connectivity index (χ0v) is 6.25. The normalized spacial score (nSPS) is 40.4. The number of hydrogen-bond acceptors (Lipinski definition) is 2. The molecule has 0 bridgehead atoms. The second kappa shape index (κ2) is 1.97. The van der Waals surface area contributed by atoms with Crippen molar-refractivity contribution in [3.63, 3.8) is 0 Å². The van der Waals surface area contributed by atoms with Gasteiger partial charge in [0.2, 0.25) is 0 Å². The van der Waals surface area contributed by atoms with E-state index in [0.29, 0.717) is 5.92 Å². The van der Waals surface area contributed by atoms with Gasteiger partial charge in [0.25, 0.3) is 0 Å². The highest BCUT2D eigenvalue weighted by atomic mass is 16.6. The van der Waals surface area contributed by atoms with E-state index in [0.717, 1.165) is 12.8 Å². The molecular weight excluding hydrogens is 140 g/mol. The summed E-state index contributed by atoms with van der Waals surface area (Å²) in [5.41, 5.74) is -0.293. The minimum Gasteiger partial charge on any atom is -0.451 e. The van der Waals surface area contributed by atoms with Crippen molar-refractivity contribution in [2.24, 2.45) is 5.92 Å². The molecule has 1 aliphatic carbocycles. The quantitative estimate of drug-likeness (QED) is 0.417. The lowest BCUT2D eigenvalue weighted by Crippen LogP contribution is -2.45. The molecule has 1 aliphatic heterocycles. The van der Waals surface area contributed by atoms with Crippen LogP contribution in [0.3, 0.4) is 0 Å². The molecule has 2 nitrogen and oxygen atoms in total. The Morgan fingerprint density at radius 3 is 3.00 bits per heavy atom. The highest BCUT2D eigenvalue weighted by Gasteiger charge is 2.48. The van der Waals surface area contributed by atoms with E-state index in [1.807, 2.05) is 12.2 Å². The lowest BCUT2D eigenvalue weighted by atomic mass is 9.70. The monoisotopic (exact) mass is 150 g/mol. The molecule has 0 amide bonds. The Kier molecular flexibility index (Phi) is 1.19. The van der Waals surface area contributed by atoms with Crippen molar-refractivity contribution in [3.05, 3.63) is 24.8 Å². The van der Waals surface area contributed by atoms with Gasteiger partial charge in [0.1, 0.15) is 5.60 Å². The smallest absolute Gasteiger partial charge is 0.331 e. The topological polar surface area (TPSA) is 26.3 Å². The van der Waals surface area contributed by atoms with Gasteiger partial charge in [-0.05, 0) is 18.9 Å². The Labute approximate surface area is 65.5 Å². The van der Waals surface area contributed by atoms with Crippen LogP contribution >= 0.6 is 0 Å². The van der Waals surface area contributed by atoms with E-state index in [9.17, 15) is 4.79 Å². The summed E-state index contributed by atoms with van der Waals surface area (Å²) in [7, 11) is 0. The molecule has 2 rings (SSSR count). The maximum absolute atomic E-state index is 10.8. The van der Waals surface area contributed by atoms with E-state index >= 15 is 0 Å². The van der Waals surface area contributed by atoms with Crippen molar-refractivity contribution < 1.29 is 9.53 Å². The Hall–Kier alpha value is -1.05. The number of esters is 1. The second-order valence-electron chi connectivity index (χ2n) is 3.09. The van der Waals surface area contributed by atoms with Crippen LogP contribution < -0.4 is 0 Å². The summed E-state index contributed by atoms with van der Waals surface area (Å²) in [4.78, 5) is 10.8. The van der Waals surface area contributed by atoms with Crippen LogP contribution in [-0.4, -0.2) is 11.6 Å². The van der Waals surface area contributed by atoms with Crippen molar-refractivity contribution in [1.82, 2.24) is 0 Å². The molecule has 11 heavy (non-hydrogen) atoms. The molecule has 0 aromatic rings. The SMILES string of the molecule is C=C[C@@H]1CC[C@@]12C=CC(=O)O2. The van der Waals surface area contributed by atoms with Crippen LogP contribution in [0.1, 0.15) is 12.8 Å². The van der Waals surface area contributed by atoms with Crippen molar-refractivity contribution >= 4 is 5.97 Å². The zero-order valence-electron chi connectivity index (χ0n) is 6.25. The Balaban J connectivity index is 2.19. The number of rotatable bonds is 1. The van der Waals surface area contributed by atoms with Crippen LogP contribution in [0, 0.1) is 5.92 Å². The standard InChI is InChI=1S/C9H10O2/c1-2-7-3-5-9(7)6-4-8(10)11-9/h2,4,6-7H,1,3,5H2/t7-,9-/m1/s1. The first-order chi connectivity index (χ1) is 5.27. The average molecular weight is 150 g/mol. The maximum Gasteiger partial charge on any atom is 0.331 e. The van der Waals surface area contributed by atoms with Gasteiger partial charge in [-0.15, -0.1) is 6.58 Å². The van der Waals surface area contributed by atoms with E-state index in [1.165, 1.54) is 6.08 Å². The van der Waals surface area contributed by atoms with Crippen molar-refractivity contribution in [2.45, 2.75) is 18.4 Å². The molecule has 1 fully saturated rings. The van der Waals surface area contributed by atoms with Gasteiger partial charge in [-0.2, -0.15) is 0 Å². The molecular formula is C9H10O2. The van der Waals surface area contributed by atoms with E-state index < -0.39 is 0 Å². The maximum atomic E-state index is 10.8.